The molecule has 0 bridgehead atoms. The van der Waals surface area contributed by atoms with Crippen molar-refractivity contribution < 1.29 is 0 Å². The standard InChI is InChI=1S/C11H15N/c1-4-8-12-11-9(2)6-5-7-10(11)3/h5-8H,4H2,1-3H3. The second-order valence-electron chi connectivity index (χ2n) is 2.96. The lowest BCUT2D eigenvalue weighted by atomic mass is 10.1. The molecule has 0 saturated heterocycles. The number of hydrogen-bond donors (Lipinski definition) is 0. The maximum absolute atomic E-state index is 4.40. The highest BCUT2D eigenvalue weighted by Gasteiger charge is 1.97. The predicted molar refractivity (Wildman–Crippen MR) is 54.4 cm³/mol. The number of benzene rings is 1. The molecule has 0 fully saturated rings. The van der Waals surface area contributed by atoms with Gasteiger partial charge in [0.1, 0.15) is 0 Å². The van der Waals surface area contributed by atoms with Gasteiger partial charge in [-0.15, -0.1) is 0 Å². The zero-order valence-electron chi connectivity index (χ0n) is 7.96. The van der Waals surface area contributed by atoms with Gasteiger partial charge in [-0.25, -0.2) is 0 Å². The highest BCUT2D eigenvalue weighted by Crippen LogP contribution is 2.22. The Morgan fingerprint density at radius 1 is 1.25 bits per heavy atom. The topological polar surface area (TPSA) is 12.4 Å². The third-order valence-corrected chi connectivity index (χ3v) is 1.84. The first-order chi connectivity index (χ1) is 5.75. The van der Waals surface area contributed by atoms with E-state index in [1.165, 1.54) is 11.1 Å². The van der Waals surface area contributed by atoms with E-state index < -0.39 is 0 Å². The van der Waals surface area contributed by atoms with E-state index in [2.05, 4.69) is 44.0 Å². The van der Waals surface area contributed by atoms with Gasteiger partial charge in [-0.05, 0) is 31.4 Å². The number of aryl methyl sites for hydroxylation is 2. The fourth-order valence-corrected chi connectivity index (χ4v) is 1.19. The molecule has 1 aromatic rings. The van der Waals surface area contributed by atoms with E-state index in [0.29, 0.717) is 0 Å². The van der Waals surface area contributed by atoms with Crippen molar-refractivity contribution in [2.75, 3.05) is 0 Å². The minimum absolute atomic E-state index is 0.994. The molecule has 0 spiro atoms. The zero-order chi connectivity index (χ0) is 8.97. The van der Waals surface area contributed by atoms with Crippen LogP contribution in [-0.4, -0.2) is 6.21 Å². The third-order valence-electron chi connectivity index (χ3n) is 1.84. The van der Waals surface area contributed by atoms with Gasteiger partial charge in [-0.3, -0.25) is 4.99 Å². The fourth-order valence-electron chi connectivity index (χ4n) is 1.19. The number of hydrogen-bond acceptors (Lipinski definition) is 1. The molecular formula is C11H15N. The quantitative estimate of drug-likeness (QED) is 0.589. The van der Waals surface area contributed by atoms with Crippen LogP contribution < -0.4 is 0 Å². The molecule has 1 rings (SSSR count). The van der Waals surface area contributed by atoms with Gasteiger partial charge in [0.2, 0.25) is 0 Å². The highest BCUT2D eigenvalue weighted by molar-refractivity contribution is 5.66. The second kappa shape index (κ2) is 4.05. The van der Waals surface area contributed by atoms with Gasteiger partial charge in [0.05, 0.1) is 5.69 Å². The summed E-state index contributed by atoms with van der Waals surface area (Å²) in [7, 11) is 0. The first-order valence-corrected chi connectivity index (χ1v) is 4.34. The zero-order valence-corrected chi connectivity index (χ0v) is 7.96. The summed E-state index contributed by atoms with van der Waals surface area (Å²) in [6.07, 6.45) is 2.95. The van der Waals surface area contributed by atoms with Crippen LogP contribution in [0.5, 0.6) is 0 Å². The van der Waals surface area contributed by atoms with E-state index >= 15 is 0 Å². The molecule has 1 nitrogen and oxygen atoms in total. The smallest absolute Gasteiger partial charge is 0.0683 e. The molecule has 12 heavy (non-hydrogen) atoms. The van der Waals surface area contributed by atoms with Crippen LogP contribution in [0.25, 0.3) is 0 Å². The molecule has 0 aliphatic rings. The summed E-state index contributed by atoms with van der Waals surface area (Å²) >= 11 is 0. The Balaban J connectivity index is 3.04. The van der Waals surface area contributed by atoms with Gasteiger partial charge in [0.15, 0.2) is 0 Å². The van der Waals surface area contributed by atoms with Crippen molar-refractivity contribution in [3.8, 4) is 0 Å². The highest BCUT2D eigenvalue weighted by atomic mass is 14.7. The molecule has 0 amide bonds. The number of aliphatic imine (C=N–C) groups is 1. The Morgan fingerprint density at radius 3 is 2.33 bits per heavy atom. The van der Waals surface area contributed by atoms with Crippen molar-refractivity contribution in [2.45, 2.75) is 27.2 Å². The van der Waals surface area contributed by atoms with Gasteiger partial charge < -0.3 is 0 Å². The van der Waals surface area contributed by atoms with Crippen LogP contribution in [-0.2, 0) is 0 Å². The van der Waals surface area contributed by atoms with Crippen LogP contribution in [0, 0.1) is 13.8 Å². The summed E-state index contributed by atoms with van der Waals surface area (Å²) in [5.74, 6) is 0. The van der Waals surface area contributed by atoms with Gasteiger partial charge in [0.25, 0.3) is 0 Å². The summed E-state index contributed by atoms with van der Waals surface area (Å²) in [4.78, 5) is 4.40. The molecule has 0 heterocycles. The molecular weight excluding hydrogens is 146 g/mol. The maximum Gasteiger partial charge on any atom is 0.0683 e. The van der Waals surface area contributed by atoms with Crippen LogP contribution in [0.4, 0.5) is 5.69 Å². The molecule has 0 saturated carbocycles. The summed E-state index contributed by atoms with van der Waals surface area (Å²) in [6.45, 7) is 6.28. The first-order valence-electron chi connectivity index (χ1n) is 4.34. The monoisotopic (exact) mass is 161 g/mol. The lowest BCUT2D eigenvalue weighted by Crippen LogP contribution is -1.79. The summed E-state index contributed by atoms with van der Waals surface area (Å²) in [5.41, 5.74) is 3.62. The van der Waals surface area contributed by atoms with Crippen LogP contribution in [0.2, 0.25) is 0 Å². The minimum atomic E-state index is 0.994. The summed E-state index contributed by atoms with van der Waals surface area (Å²) < 4.78 is 0. The second-order valence-corrected chi connectivity index (χ2v) is 2.96. The van der Waals surface area contributed by atoms with Gasteiger partial charge >= 0.3 is 0 Å². The van der Waals surface area contributed by atoms with Crippen molar-refractivity contribution in [3.63, 3.8) is 0 Å². The number of rotatable bonds is 2. The molecule has 0 N–H and O–H groups in total. The maximum atomic E-state index is 4.40. The molecule has 0 aliphatic heterocycles. The Hall–Kier alpha value is -1.11. The molecule has 0 aromatic heterocycles. The largest absolute Gasteiger partial charge is 0.261 e. The van der Waals surface area contributed by atoms with E-state index in [1.54, 1.807) is 0 Å². The Kier molecular flexibility index (Phi) is 3.03. The number of nitrogens with zero attached hydrogens (tertiary/aromatic N) is 1. The molecule has 1 heteroatoms. The fraction of sp³-hybridized carbons (Fsp3) is 0.364. The van der Waals surface area contributed by atoms with E-state index in [-0.39, 0.29) is 0 Å². The number of para-hydroxylation sites is 1. The molecule has 0 unspecified atom stereocenters. The van der Waals surface area contributed by atoms with Crippen molar-refractivity contribution in [1.29, 1.82) is 0 Å². The molecule has 0 radical (unpaired) electrons. The van der Waals surface area contributed by atoms with Crippen molar-refractivity contribution in [3.05, 3.63) is 29.3 Å². The lowest BCUT2D eigenvalue weighted by Gasteiger charge is -2.02. The average Bonchev–Trinajstić information content (AvgIpc) is 2.04. The van der Waals surface area contributed by atoms with Crippen molar-refractivity contribution in [1.82, 2.24) is 0 Å². The van der Waals surface area contributed by atoms with E-state index in [4.69, 9.17) is 0 Å². The average molecular weight is 161 g/mol. The van der Waals surface area contributed by atoms with E-state index in [9.17, 15) is 0 Å². The van der Waals surface area contributed by atoms with Crippen molar-refractivity contribution >= 4 is 11.9 Å². The predicted octanol–water partition coefficient (Wildman–Crippen LogP) is 3.42. The molecule has 0 aliphatic carbocycles. The van der Waals surface area contributed by atoms with E-state index in [1.807, 2.05) is 6.21 Å². The van der Waals surface area contributed by atoms with Crippen LogP contribution in [0.15, 0.2) is 23.2 Å². The Labute approximate surface area is 74.2 Å². The molecule has 64 valence electrons. The van der Waals surface area contributed by atoms with Crippen molar-refractivity contribution in [2.24, 2.45) is 4.99 Å². The van der Waals surface area contributed by atoms with Gasteiger partial charge in [-0.1, -0.05) is 25.1 Å². The van der Waals surface area contributed by atoms with Crippen LogP contribution >= 0.6 is 0 Å². The van der Waals surface area contributed by atoms with Crippen LogP contribution in [0.1, 0.15) is 24.5 Å². The Morgan fingerprint density at radius 2 is 1.83 bits per heavy atom. The normalized spacial score (nSPS) is 10.9. The van der Waals surface area contributed by atoms with Crippen LogP contribution in [0.3, 0.4) is 0 Å². The summed E-state index contributed by atoms with van der Waals surface area (Å²) in [5, 5.41) is 0. The SMILES string of the molecule is CCC=Nc1c(C)cccc1C. The minimum Gasteiger partial charge on any atom is -0.261 e. The van der Waals surface area contributed by atoms with Gasteiger partial charge in [-0.2, -0.15) is 0 Å². The first kappa shape index (κ1) is 8.98. The Bertz CT molecular complexity index is 267. The van der Waals surface area contributed by atoms with Gasteiger partial charge in [0, 0.05) is 6.21 Å². The van der Waals surface area contributed by atoms with E-state index in [0.717, 1.165) is 12.1 Å². The molecule has 0 atom stereocenters. The lowest BCUT2D eigenvalue weighted by molar-refractivity contribution is 1.28. The summed E-state index contributed by atoms with van der Waals surface area (Å²) in [6, 6.07) is 6.25. The third kappa shape index (κ3) is 1.94. The molecule has 1 aromatic carbocycles.